The topological polar surface area (TPSA) is 56.8 Å². The molecule has 2 heterocycles. The number of halogens is 1. The van der Waals surface area contributed by atoms with Crippen LogP contribution in [0, 0.1) is 5.92 Å². The molecule has 0 bridgehead atoms. The second-order valence-electron chi connectivity index (χ2n) is 6.55. The van der Waals surface area contributed by atoms with Gasteiger partial charge in [0.2, 0.25) is 5.91 Å². The molecule has 132 valence electrons. The highest BCUT2D eigenvalue weighted by atomic mass is 35.5. The van der Waals surface area contributed by atoms with Crippen LogP contribution in [-0.4, -0.2) is 67.5 Å². The Hall–Kier alpha value is -0.0100. The number of hydrogen-bond acceptors (Lipinski definition) is 5. The Morgan fingerprint density at radius 3 is 3.00 bits per heavy atom. The summed E-state index contributed by atoms with van der Waals surface area (Å²) in [5, 5.41) is 3.51. The second kappa shape index (κ2) is 8.90. The van der Waals surface area contributed by atoms with Crippen molar-refractivity contribution in [2.24, 2.45) is 5.92 Å². The number of hydrogen-bond donors (Lipinski definition) is 1. The van der Waals surface area contributed by atoms with Gasteiger partial charge in [0, 0.05) is 11.8 Å². The first kappa shape index (κ1) is 17.8. The molecule has 3 fully saturated rings. The van der Waals surface area contributed by atoms with Crippen LogP contribution in [0.2, 0.25) is 0 Å². The summed E-state index contributed by atoms with van der Waals surface area (Å²) in [6.07, 6.45) is 4.29. The van der Waals surface area contributed by atoms with E-state index in [-0.39, 0.29) is 30.1 Å². The van der Waals surface area contributed by atoms with E-state index in [1.807, 2.05) is 11.8 Å². The second-order valence-corrected chi connectivity index (χ2v) is 8.52. The molecule has 0 aromatic rings. The maximum atomic E-state index is 11.8. The SMILES string of the molecule is O=C(COCC1CC(Cl)C2OCCOC2C1)NCC1CCCS1. The smallest absolute Gasteiger partial charge is 0.246 e. The van der Waals surface area contributed by atoms with E-state index in [1.165, 1.54) is 18.6 Å². The van der Waals surface area contributed by atoms with Crippen molar-refractivity contribution < 1.29 is 19.0 Å². The normalized spacial score (nSPS) is 37.3. The summed E-state index contributed by atoms with van der Waals surface area (Å²) < 4.78 is 17.1. The van der Waals surface area contributed by atoms with Gasteiger partial charge in [0.25, 0.3) is 0 Å². The van der Waals surface area contributed by atoms with Gasteiger partial charge in [-0.05, 0) is 37.4 Å². The van der Waals surface area contributed by atoms with E-state index in [9.17, 15) is 4.79 Å². The van der Waals surface area contributed by atoms with Crippen LogP contribution in [0.15, 0.2) is 0 Å². The predicted molar refractivity (Wildman–Crippen MR) is 91.2 cm³/mol. The Morgan fingerprint density at radius 1 is 1.30 bits per heavy atom. The summed E-state index contributed by atoms with van der Waals surface area (Å²) in [5.41, 5.74) is 0. The molecule has 0 aromatic carbocycles. The van der Waals surface area contributed by atoms with Gasteiger partial charge < -0.3 is 19.5 Å². The minimum absolute atomic E-state index is 0.00822. The third-order valence-corrected chi connectivity index (χ3v) is 6.53. The van der Waals surface area contributed by atoms with Gasteiger partial charge in [-0.3, -0.25) is 4.79 Å². The molecule has 5 atom stereocenters. The van der Waals surface area contributed by atoms with Crippen molar-refractivity contribution >= 4 is 29.3 Å². The molecule has 2 saturated heterocycles. The fraction of sp³-hybridized carbons (Fsp3) is 0.938. The van der Waals surface area contributed by atoms with Gasteiger partial charge in [-0.15, -0.1) is 11.6 Å². The fourth-order valence-corrected chi connectivity index (χ4v) is 5.23. The minimum Gasteiger partial charge on any atom is -0.373 e. The van der Waals surface area contributed by atoms with Crippen molar-refractivity contribution in [2.75, 3.05) is 38.7 Å². The molecule has 1 N–H and O–H groups in total. The number of nitrogens with one attached hydrogen (secondary N) is 1. The number of rotatable bonds is 6. The average molecular weight is 364 g/mol. The summed E-state index contributed by atoms with van der Waals surface area (Å²) in [7, 11) is 0. The number of carbonyl (C=O) groups is 1. The number of alkyl halides is 1. The largest absolute Gasteiger partial charge is 0.373 e. The average Bonchev–Trinajstić information content (AvgIpc) is 3.06. The molecule has 0 spiro atoms. The zero-order valence-corrected chi connectivity index (χ0v) is 14.9. The highest BCUT2D eigenvalue weighted by molar-refractivity contribution is 8.00. The molecule has 1 saturated carbocycles. The van der Waals surface area contributed by atoms with Crippen LogP contribution < -0.4 is 5.32 Å². The lowest BCUT2D eigenvalue weighted by molar-refractivity contribution is -0.163. The molecule has 5 nitrogen and oxygen atoms in total. The van der Waals surface area contributed by atoms with Crippen molar-refractivity contribution in [3.63, 3.8) is 0 Å². The van der Waals surface area contributed by atoms with Crippen LogP contribution >= 0.6 is 23.4 Å². The molecule has 0 aromatic heterocycles. The molecule has 3 rings (SSSR count). The van der Waals surface area contributed by atoms with E-state index in [0.717, 1.165) is 19.4 Å². The van der Waals surface area contributed by atoms with E-state index in [0.29, 0.717) is 31.0 Å². The van der Waals surface area contributed by atoms with Gasteiger partial charge in [-0.1, -0.05) is 0 Å². The number of ether oxygens (including phenoxy) is 3. The van der Waals surface area contributed by atoms with Gasteiger partial charge in [-0.25, -0.2) is 0 Å². The van der Waals surface area contributed by atoms with E-state index in [1.54, 1.807) is 0 Å². The van der Waals surface area contributed by atoms with E-state index >= 15 is 0 Å². The van der Waals surface area contributed by atoms with E-state index in [4.69, 9.17) is 25.8 Å². The summed E-state index contributed by atoms with van der Waals surface area (Å²) in [6.45, 7) is 2.72. The lowest BCUT2D eigenvalue weighted by Crippen LogP contribution is -2.49. The van der Waals surface area contributed by atoms with Crippen LogP contribution in [-0.2, 0) is 19.0 Å². The molecular formula is C16H26ClNO4S. The molecule has 2 aliphatic heterocycles. The first-order valence-electron chi connectivity index (χ1n) is 8.55. The van der Waals surface area contributed by atoms with Gasteiger partial charge >= 0.3 is 0 Å². The van der Waals surface area contributed by atoms with Crippen molar-refractivity contribution in [2.45, 2.75) is 48.5 Å². The zero-order valence-electron chi connectivity index (χ0n) is 13.4. The third-order valence-electron chi connectivity index (χ3n) is 4.71. The lowest BCUT2D eigenvalue weighted by atomic mass is 9.85. The van der Waals surface area contributed by atoms with Crippen LogP contribution in [0.1, 0.15) is 25.7 Å². The van der Waals surface area contributed by atoms with Crippen molar-refractivity contribution in [3.8, 4) is 0 Å². The van der Waals surface area contributed by atoms with Gasteiger partial charge in [-0.2, -0.15) is 11.8 Å². The van der Waals surface area contributed by atoms with Crippen LogP contribution in [0.4, 0.5) is 0 Å². The molecule has 23 heavy (non-hydrogen) atoms. The van der Waals surface area contributed by atoms with Crippen LogP contribution in [0.5, 0.6) is 0 Å². The van der Waals surface area contributed by atoms with Gasteiger partial charge in [0.15, 0.2) is 0 Å². The Bertz CT molecular complexity index is 394. The summed E-state index contributed by atoms with van der Waals surface area (Å²) >= 11 is 8.35. The van der Waals surface area contributed by atoms with Crippen LogP contribution in [0.3, 0.4) is 0 Å². The standard InChI is InChI=1S/C16H26ClNO4S/c17-13-6-11(7-14-16(13)22-4-3-21-14)9-20-10-15(19)18-8-12-2-1-5-23-12/h11-14,16H,1-10H2,(H,18,19). The molecule has 1 aliphatic carbocycles. The monoisotopic (exact) mass is 363 g/mol. The Balaban J connectivity index is 1.31. The van der Waals surface area contributed by atoms with Gasteiger partial charge in [0.1, 0.15) is 12.7 Å². The predicted octanol–water partition coefficient (Wildman–Crippen LogP) is 1.82. The number of thioether (sulfide) groups is 1. The maximum absolute atomic E-state index is 11.8. The highest BCUT2D eigenvalue weighted by Crippen LogP contribution is 2.34. The summed E-state index contributed by atoms with van der Waals surface area (Å²) in [5.74, 6) is 1.52. The summed E-state index contributed by atoms with van der Waals surface area (Å²) in [6, 6.07) is 0. The van der Waals surface area contributed by atoms with Gasteiger partial charge in [0.05, 0.1) is 31.3 Å². The Labute approximate surface area is 147 Å². The van der Waals surface area contributed by atoms with E-state index < -0.39 is 0 Å². The number of carbonyl (C=O) groups excluding carboxylic acids is 1. The zero-order chi connectivity index (χ0) is 16.1. The first-order valence-corrected chi connectivity index (χ1v) is 10.0. The molecule has 3 aliphatic rings. The molecule has 0 radical (unpaired) electrons. The molecule has 5 unspecified atom stereocenters. The van der Waals surface area contributed by atoms with E-state index in [2.05, 4.69) is 5.32 Å². The minimum atomic E-state index is -0.0316. The molecule has 1 amide bonds. The van der Waals surface area contributed by atoms with Crippen molar-refractivity contribution in [1.29, 1.82) is 0 Å². The lowest BCUT2D eigenvalue weighted by Gasteiger charge is -2.41. The quantitative estimate of drug-likeness (QED) is 0.729. The number of amides is 1. The van der Waals surface area contributed by atoms with Crippen molar-refractivity contribution in [3.05, 3.63) is 0 Å². The number of fused-ring (bicyclic) bond motifs is 1. The molecule has 7 heteroatoms. The maximum Gasteiger partial charge on any atom is 0.246 e. The summed E-state index contributed by atoms with van der Waals surface area (Å²) in [4.78, 5) is 11.8. The van der Waals surface area contributed by atoms with Crippen molar-refractivity contribution in [1.82, 2.24) is 5.32 Å². The van der Waals surface area contributed by atoms with Crippen LogP contribution in [0.25, 0.3) is 0 Å². The first-order chi connectivity index (χ1) is 11.2. The Kier molecular flexibility index (Phi) is 6.89. The molecular weight excluding hydrogens is 338 g/mol. The Morgan fingerprint density at radius 2 is 2.17 bits per heavy atom. The highest BCUT2D eigenvalue weighted by Gasteiger charge is 2.40. The third kappa shape index (κ3) is 5.23. The fourth-order valence-electron chi connectivity index (χ4n) is 3.54.